The number of carbonyl (C=O) groups excluding carboxylic acids is 3. The Bertz CT molecular complexity index is 1090. The lowest BCUT2D eigenvalue weighted by Crippen LogP contribution is -2.45. The van der Waals surface area contributed by atoms with E-state index in [1.807, 2.05) is 36.4 Å². The Morgan fingerprint density at radius 2 is 1.30 bits per heavy atom. The van der Waals surface area contributed by atoms with Gasteiger partial charge in [0.1, 0.15) is 0 Å². The number of hydrogen-bond donors (Lipinski definition) is 0. The van der Waals surface area contributed by atoms with Crippen molar-refractivity contribution in [2.24, 2.45) is 0 Å². The molecule has 30 heavy (non-hydrogen) atoms. The molecule has 0 saturated carbocycles. The standard InChI is InChI=1S/C25H19NO4/c27-22-16-21(18-10-4-1-5-11-18)26(24(28)19-12-6-2-7-13-19)17-23(22)30-25(29)20-14-8-3-9-15-20/h1-16,23H,17H2. The van der Waals surface area contributed by atoms with Crippen molar-refractivity contribution < 1.29 is 19.1 Å². The summed E-state index contributed by atoms with van der Waals surface area (Å²) in [6.07, 6.45) is 0.306. The Morgan fingerprint density at radius 1 is 0.767 bits per heavy atom. The molecule has 1 amide bonds. The minimum atomic E-state index is -1.07. The van der Waals surface area contributed by atoms with Crippen LogP contribution in [0.2, 0.25) is 0 Å². The van der Waals surface area contributed by atoms with Crippen molar-refractivity contribution in [1.29, 1.82) is 0 Å². The highest BCUT2D eigenvalue weighted by Crippen LogP contribution is 2.27. The van der Waals surface area contributed by atoms with Gasteiger partial charge in [-0.15, -0.1) is 0 Å². The minimum Gasteiger partial charge on any atom is -0.448 e. The van der Waals surface area contributed by atoms with Crippen molar-refractivity contribution >= 4 is 23.4 Å². The number of amides is 1. The Kier molecular flexibility index (Phi) is 5.52. The number of rotatable bonds is 4. The van der Waals surface area contributed by atoms with Crippen LogP contribution in [0.3, 0.4) is 0 Å². The van der Waals surface area contributed by atoms with E-state index in [4.69, 9.17) is 4.74 Å². The Hall–Kier alpha value is -3.99. The summed E-state index contributed by atoms with van der Waals surface area (Å²) in [6, 6.07) is 26.5. The Labute approximate surface area is 174 Å². The lowest BCUT2D eigenvalue weighted by atomic mass is 10.0. The van der Waals surface area contributed by atoms with E-state index >= 15 is 0 Å². The van der Waals surface area contributed by atoms with Crippen LogP contribution in [0.15, 0.2) is 97.1 Å². The third-order valence-electron chi connectivity index (χ3n) is 4.83. The van der Waals surface area contributed by atoms with Gasteiger partial charge in [-0.3, -0.25) is 9.59 Å². The molecule has 0 fully saturated rings. The zero-order valence-electron chi connectivity index (χ0n) is 16.1. The molecule has 0 saturated heterocycles. The predicted molar refractivity (Wildman–Crippen MR) is 113 cm³/mol. The van der Waals surface area contributed by atoms with Crippen LogP contribution in [0.4, 0.5) is 0 Å². The van der Waals surface area contributed by atoms with Gasteiger partial charge in [0.15, 0.2) is 11.9 Å². The zero-order valence-corrected chi connectivity index (χ0v) is 16.1. The topological polar surface area (TPSA) is 63.7 Å². The molecule has 0 aliphatic carbocycles. The summed E-state index contributed by atoms with van der Waals surface area (Å²) in [7, 11) is 0. The first-order chi connectivity index (χ1) is 14.6. The van der Waals surface area contributed by atoms with Crippen LogP contribution in [0, 0.1) is 0 Å². The molecule has 0 N–H and O–H groups in total. The van der Waals surface area contributed by atoms with Gasteiger partial charge in [-0.25, -0.2) is 4.79 Å². The number of benzene rings is 3. The predicted octanol–water partition coefficient (Wildman–Crippen LogP) is 3.98. The van der Waals surface area contributed by atoms with Crippen molar-refractivity contribution in [2.45, 2.75) is 6.10 Å². The highest BCUT2D eigenvalue weighted by molar-refractivity contribution is 6.08. The lowest BCUT2D eigenvalue weighted by molar-refractivity contribution is -0.123. The largest absolute Gasteiger partial charge is 0.448 e. The lowest BCUT2D eigenvalue weighted by Gasteiger charge is -2.32. The molecule has 1 atom stereocenters. The first kappa shape index (κ1) is 19.3. The maximum atomic E-state index is 13.2. The fourth-order valence-corrected chi connectivity index (χ4v) is 3.30. The van der Waals surface area contributed by atoms with Crippen LogP contribution in [0.25, 0.3) is 5.70 Å². The summed E-state index contributed by atoms with van der Waals surface area (Å²) in [5.74, 6) is -1.22. The summed E-state index contributed by atoms with van der Waals surface area (Å²) in [5.41, 5.74) is 2.07. The van der Waals surface area contributed by atoms with Gasteiger partial charge in [0, 0.05) is 11.6 Å². The molecule has 3 aromatic rings. The van der Waals surface area contributed by atoms with E-state index in [0.29, 0.717) is 16.8 Å². The average Bonchev–Trinajstić information content (AvgIpc) is 2.81. The molecule has 1 heterocycles. The van der Waals surface area contributed by atoms with Crippen LogP contribution in [-0.4, -0.2) is 35.2 Å². The van der Waals surface area contributed by atoms with Crippen LogP contribution < -0.4 is 0 Å². The van der Waals surface area contributed by atoms with Crippen molar-refractivity contribution in [2.75, 3.05) is 6.54 Å². The Morgan fingerprint density at radius 3 is 1.90 bits per heavy atom. The number of carbonyl (C=O) groups is 3. The van der Waals surface area contributed by atoms with Crippen LogP contribution in [0.5, 0.6) is 0 Å². The molecule has 0 radical (unpaired) electrons. The molecule has 5 heteroatoms. The first-order valence-corrected chi connectivity index (χ1v) is 9.57. The fourth-order valence-electron chi connectivity index (χ4n) is 3.30. The molecule has 3 aromatic carbocycles. The van der Waals surface area contributed by atoms with Crippen LogP contribution in [-0.2, 0) is 9.53 Å². The fraction of sp³-hybridized carbons (Fsp3) is 0.0800. The second kappa shape index (κ2) is 8.57. The maximum Gasteiger partial charge on any atom is 0.338 e. The van der Waals surface area contributed by atoms with Crippen molar-refractivity contribution in [3.05, 3.63) is 114 Å². The quantitative estimate of drug-likeness (QED) is 0.625. The SMILES string of the molecule is O=C(OC1CN(C(=O)c2ccccc2)C(c2ccccc2)=CC1=O)c1ccccc1. The number of nitrogens with zero attached hydrogens (tertiary/aromatic N) is 1. The van der Waals surface area contributed by atoms with Gasteiger partial charge in [-0.1, -0.05) is 66.7 Å². The van der Waals surface area contributed by atoms with Gasteiger partial charge in [0.05, 0.1) is 17.8 Å². The summed E-state index contributed by atoms with van der Waals surface area (Å²) < 4.78 is 5.46. The minimum absolute atomic E-state index is 0.0497. The molecular formula is C25H19NO4. The Balaban J connectivity index is 1.66. The molecule has 0 spiro atoms. The molecule has 5 nitrogen and oxygen atoms in total. The van der Waals surface area contributed by atoms with Crippen LogP contribution >= 0.6 is 0 Å². The summed E-state index contributed by atoms with van der Waals surface area (Å²) >= 11 is 0. The molecule has 148 valence electrons. The number of esters is 1. The highest BCUT2D eigenvalue weighted by Gasteiger charge is 2.34. The third-order valence-corrected chi connectivity index (χ3v) is 4.83. The second-order valence-corrected chi connectivity index (χ2v) is 6.84. The summed E-state index contributed by atoms with van der Waals surface area (Å²) in [5, 5.41) is 0. The van der Waals surface area contributed by atoms with Gasteiger partial charge >= 0.3 is 5.97 Å². The van der Waals surface area contributed by atoms with Gasteiger partial charge < -0.3 is 9.64 Å². The van der Waals surface area contributed by atoms with E-state index in [1.165, 1.54) is 11.0 Å². The molecule has 0 bridgehead atoms. The molecule has 4 rings (SSSR count). The van der Waals surface area contributed by atoms with Gasteiger partial charge in [0.25, 0.3) is 5.91 Å². The van der Waals surface area contributed by atoms with Gasteiger partial charge in [0.2, 0.25) is 0 Å². The summed E-state index contributed by atoms with van der Waals surface area (Å²) in [4.78, 5) is 39.9. The molecule has 0 aromatic heterocycles. The van der Waals surface area contributed by atoms with E-state index in [0.717, 1.165) is 5.56 Å². The number of ether oxygens (including phenoxy) is 1. The van der Waals surface area contributed by atoms with Gasteiger partial charge in [-0.2, -0.15) is 0 Å². The molecule has 1 aliphatic heterocycles. The molecule has 1 unspecified atom stereocenters. The molecule has 1 aliphatic rings. The van der Waals surface area contributed by atoms with Crippen molar-refractivity contribution in [1.82, 2.24) is 4.90 Å². The molecular weight excluding hydrogens is 378 g/mol. The number of hydrogen-bond acceptors (Lipinski definition) is 4. The van der Waals surface area contributed by atoms with Crippen molar-refractivity contribution in [3.8, 4) is 0 Å². The van der Waals surface area contributed by atoms with E-state index in [-0.39, 0.29) is 18.2 Å². The monoisotopic (exact) mass is 397 g/mol. The third kappa shape index (κ3) is 4.05. The number of ketones is 1. The van der Waals surface area contributed by atoms with Crippen LogP contribution in [0.1, 0.15) is 26.3 Å². The first-order valence-electron chi connectivity index (χ1n) is 9.57. The second-order valence-electron chi connectivity index (χ2n) is 6.84. The van der Waals surface area contributed by atoms with Gasteiger partial charge in [-0.05, 0) is 29.8 Å². The van der Waals surface area contributed by atoms with E-state index < -0.39 is 12.1 Å². The maximum absolute atomic E-state index is 13.2. The van der Waals surface area contributed by atoms with E-state index in [1.54, 1.807) is 54.6 Å². The highest BCUT2D eigenvalue weighted by atomic mass is 16.5. The summed E-state index contributed by atoms with van der Waals surface area (Å²) in [6.45, 7) is -0.0497. The normalized spacial score (nSPS) is 16.0. The average molecular weight is 397 g/mol. The van der Waals surface area contributed by atoms with Crippen molar-refractivity contribution in [3.63, 3.8) is 0 Å². The van der Waals surface area contributed by atoms with E-state index in [9.17, 15) is 14.4 Å². The van der Waals surface area contributed by atoms with E-state index in [2.05, 4.69) is 0 Å². The smallest absolute Gasteiger partial charge is 0.338 e. The zero-order chi connectivity index (χ0) is 20.9.